The molecule has 0 aromatic heterocycles. The number of carbonyl (C=O) groups excluding carboxylic acids is 1. The summed E-state index contributed by atoms with van der Waals surface area (Å²) in [7, 11) is 0. The van der Waals surface area contributed by atoms with Gasteiger partial charge in [0.15, 0.2) is 5.60 Å². The minimum absolute atomic E-state index is 0.297. The van der Waals surface area contributed by atoms with Crippen molar-refractivity contribution in [1.29, 1.82) is 0 Å². The number of rotatable bonds is 2. The van der Waals surface area contributed by atoms with Crippen LogP contribution >= 0.6 is 0 Å². The molecule has 1 saturated heterocycles. The maximum Gasteiger partial charge on any atom is 0.419 e. The molecular formula is C12H11F3N2O4. The molecule has 0 radical (unpaired) electrons. The zero-order valence-electron chi connectivity index (χ0n) is 10.6. The molecule has 2 rings (SSSR count). The highest BCUT2D eigenvalue weighted by Gasteiger charge is 2.58. The van der Waals surface area contributed by atoms with Crippen LogP contribution in [-0.2, 0) is 0 Å². The van der Waals surface area contributed by atoms with E-state index < -0.39 is 41.3 Å². The lowest BCUT2D eigenvalue weighted by atomic mass is 10.0. The van der Waals surface area contributed by atoms with Gasteiger partial charge in [-0.3, -0.25) is 14.9 Å². The number of nitro benzene ring substituents is 1. The fourth-order valence-corrected chi connectivity index (χ4v) is 2.18. The standard InChI is InChI=1S/C12H11F3N2O4/c13-12(14,15)11(19)5-6-16(7-11)10(18)8-3-1-2-4-9(8)17(20)21/h1-4,19H,5-7H2/t11-/m0/s1. The number of benzene rings is 1. The van der Waals surface area contributed by atoms with Gasteiger partial charge in [0, 0.05) is 19.0 Å². The predicted molar refractivity (Wildman–Crippen MR) is 64.6 cm³/mol. The summed E-state index contributed by atoms with van der Waals surface area (Å²) >= 11 is 0. The van der Waals surface area contributed by atoms with Crippen molar-refractivity contribution in [1.82, 2.24) is 4.90 Å². The smallest absolute Gasteiger partial charge is 0.379 e. The highest BCUT2D eigenvalue weighted by Crippen LogP contribution is 2.38. The van der Waals surface area contributed by atoms with E-state index in [0.29, 0.717) is 0 Å². The first-order valence-corrected chi connectivity index (χ1v) is 5.97. The largest absolute Gasteiger partial charge is 0.419 e. The van der Waals surface area contributed by atoms with E-state index in [4.69, 9.17) is 0 Å². The van der Waals surface area contributed by atoms with Crippen molar-refractivity contribution >= 4 is 11.6 Å². The number of para-hydroxylation sites is 1. The van der Waals surface area contributed by atoms with E-state index in [-0.39, 0.29) is 12.1 Å². The lowest BCUT2D eigenvalue weighted by Gasteiger charge is -2.25. The minimum Gasteiger partial charge on any atom is -0.379 e. The van der Waals surface area contributed by atoms with Crippen LogP contribution in [0.1, 0.15) is 16.8 Å². The van der Waals surface area contributed by atoms with Crippen LogP contribution in [0.2, 0.25) is 0 Å². The lowest BCUT2D eigenvalue weighted by molar-refractivity contribution is -0.385. The molecule has 114 valence electrons. The first-order valence-electron chi connectivity index (χ1n) is 5.97. The van der Waals surface area contributed by atoms with Crippen molar-refractivity contribution in [3.63, 3.8) is 0 Å². The molecule has 0 spiro atoms. The molecular weight excluding hydrogens is 293 g/mol. The summed E-state index contributed by atoms with van der Waals surface area (Å²) in [5, 5.41) is 20.4. The molecule has 1 aromatic carbocycles. The Morgan fingerprint density at radius 3 is 2.52 bits per heavy atom. The average molecular weight is 304 g/mol. The van der Waals surface area contributed by atoms with E-state index in [1.165, 1.54) is 18.2 Å². The summed E-state index contributed by atoms with van der Waals surface area (Å²) in [6, 6.07) is 5.00. The molecule has 21 heavy (non-hydrogen) atoms. The van der Waals surface area contributed by atoms with E-state index in [9.17, 15) is 33.2 Å². The van der Waals surface area contributed by atoms with E-state index in [1.54, 1.807) is 0 Å². The second-order valence-electron chi connectivity index (χ2n) is 4.78. The number of aliphatic hydroxyl groups is 1. The van der Waals surface area contributed by atoms with Gasteiger partial charge in [0.1, 0.15) is 5.56 Å². The predicted octanol–water partition coefficient (Wildman–Crippen LogP) is 1.73. The van der Waals surface area contributed by atoms with Gasteiger partial charge >= 0.3 is 6.18 Å². The van der Waals surface area contributed by atoms with E-state index in [1.807, 2.05) is 0 Å². The summed E-state index contributed by atoms with van der Waals surface area (Å²) in [5.41, 5.74) is -3.74. The van der Waals surface area contributed by atoms with Gasteiger partial charge in [-0.15, -0.1) is 0 Å². The summed E-state index contributed by atoms with van der Waals surface area (Å²) in [6.07, 6.45) is -5.51. The third kappa shape index (κ3) is 2.68. The molecule has 1 heterocycles. The second-order valence-corrected chi connectivity index (χ2v) is 4.78. The van der Waals surface area contributed by atoms with Crippen LogP contribution in [0.3, 0.4) is 0 Å². The third-order valence-corrected chi connectivity index (χ3v) is 3.39. The number of halogens is 3. The van der Waals surface area contributed by atoms with Gasteiger partial charge in [-0.2, -0.15) is 13.2 Å². The van der Waals surface area contributed by atoms with Crippen LogP contribution in [-0.4, -0.2) is 45.7 Å². The third-order valence-electron chi connectivity index (χ3n) is 3.39. The quantitative estimate of drug-likeness (QED) is 0.666. The van der Waals surface area contributed by atoms with Gasteiger partial charge in [0.25, 0.3) is 11.6 Å². The minimum atomic E-state index is -4.86. The van der Waals surface area contributed by atoms with Crippen LogP contribution in [0.15, 0.2) is 24.3 Å². The Balaban J connectivity index is 2.26. The maximum absolute atomic E-state index is 12.7. The van der Waals surface area contributed by atoms with Gasteiger partial charge in [0.05, 0.1) is 11.5 Å². The fraction of sp³-hybridized carbons (Fsp3) is 0.417. The first-order chi connectivity index (χ1) is 9.66. The van der Waals surface area contributed by atoms with Crippen molar-refractivity contribution in [2.75, 3.05) is 13.1 Å². The molecule has 1 aromatic rings. The summed E-state index contributed by atoms with van der Waals surface area (Å²) in [5.74, 6) is -0.900. The van der Waals surface area contributed by atoms with Crippen molar-refractivity contribution < 1.29 is 28.0 Å². The van der Waals surface area contributed by atoms with Gasteiger partial charge in [-0.1, -0.05) is 12.1 Å². The zero-order valence-corrected chi connectivity index (χ0v) is 10.6. The second kappa shape index (κ2) is 4.99. The summed E-state index contributed by atoms with van der Waals surface area (Å²) in [6.45, 7) is -1.25. The van der Waals surface area contributed by atoms with Gasteiger partial charge in [-0.05, 0) is 6.07 Å². The molecule has 1 fully saturated rings. The monoisotopic (exact) mass is 304 g/mol. The number of hydrogen-bond acceptors (Lipinski definition) is 4. The van der Waals surface area contributed by atoms with E-state index in [0.717, 1.165) is 11.0 Å². The van der Waals surface area contributed by atoms with Crippen LogP contribution in [0.5, 0.6) is 0 Å². The van der Waals surface area contributed by atoms with Crippen molar-refractivity contribution in [3.8, 4) is 0 Å². The summed E-state index contributed by atoms with van der Waals surface area (Å²) in [4.78, 5) is 23.0. The topological polar surface area (TPSA) is 83.7 Å². The SMILES string of the molecule is O=C(c1ccccc1[N+](=O)[O-])N1CC[C@@](O)(C(F)(F)F)C1. The number of nitro groups is 1. The van der Waals surface area contributed by atoms with Crippen LogP contribution in [0.25, 0.3) is 0 Å². The first kappa shape index (κ1) is 15.2. The average Bonchev–Trinajstić information content (AvgIpc) is 2.81. The van der Waals surface area contributed by atoms with Crippen LogP contribution in [0.4, 0.5) is 18.9 Å². The number of amides is 1. The number of nitrogens with zero attached hydrogens (tertiary/aromatic N) is 2. The Kier molecular flexibility index (Phi) is 3.62. The maximum atomic E-state index is 12.7. The molecule has 0 saturated carbocycles. The highest BCUT2D eigenvalue weighted by molar-refractivity contribution is 5.98. The number of likely N-dealkylation sites (tertiary alicyclic amines) is 1. The highest BCUT2D eigenvalue weighted by atomic mass is 19.4. The van der Waals surface area contributed by atoms with Crippen molar-refractivity contribution in [2.24, 2.45) is 0 Å². The Labute approximate surface area is 116 Å². The molecule has 1 aliphatic heterocycles. The molecule has 0 unspecified atom stereocenters. The molecule has 0 bridgehead atoms. The van der Waals surface area contributed by atoms with E-state index in [2.05, 4.69) is 0 Å². The molecule has 1 amide bonds. The van der Waals surface area contributed by atoms with Crippen molar-refractivity contribution in [3.05, 3.63) is 39.9 Å². The molecule has 0 aliphatic carbocycles. The van der Waals surface area contributed by atoms with Gasteiger partial charge in [-0.25, -0.2) is 0 Å². The fourth-order valence-electron chi connectivity index (χ4n) is 2.18. The Hall–Kier alpha value is -2.16. The normalized spacial score (nSPS) is 22.4. The molecule has 6 nitrogen and oxygen atoms in total. The Morgan fingerprint density at radius 2 is 2.00 bits per heavy atom. The van der Waals surface area contributed by atoms with Crippen LogP contribution in [0, 0.1) is 10.1 Å². The number of alkyl halides is 3. The lowest BCUT2D eigenvalue weighted by Crippen LogP contribution is -2.48. The Bertz CT molecular complexity index is 590. The molecule has 1 N–H and O–H groups in total. The number of hydrogen-bond donors (Lipinski definition) is 1. The number of β-amino-alcohol motifs (C(OH)–C–C–N with tert-alkyl or cyclic N) is 1. The van der Waals surface area contributed by atoms with Crippen LogP contribution < -0.4 is 0 Å². The molecule has 9 heteroatoms. The zero-order chi connectivity index (χ0) is 15.8. The van der Waals surface area contributed by atoms with Crippen molar-refractivity contribution in [2.45, 2.75) is 18.2 Å². The molecule has 1 atom stereocenters. The number of carbonyl (C=O) groups is 1. The van der Waals surface area contributed by atoms with Gasteiger partial charge in [0.2, 0.25) is 0 Å². The molecule has 1 aliphatic rings. The van der Waals surface area contributed by atoms with Gasteiger partial charge < -0.3 is 10.0 Å². The van der Waals surface area contributed by atoms with E-state index >= 15 is 0 Å². The Morgan fingerprint density at radius 1 is 1.38 bits per heavy atom. The summed E-state index contributed by atoms with van der Waals surface area (Å²) < 4.78 is 38.1.